The van der Waals surface area contributed by atoms with Crippen molar-refractivity contribution >= 4 is 5.97 Å². The molecule has 0 aliphatic heterocycles. The van der Waals surface area contributed by atoms with Crippen molar-refractivity contribution < 1.29 is 9.90 Å². The Morgan fingerprint density at radius 1 is 0.720 bits per heavy atom. The molecule has 1 aromatic rings. The molecule has 0 aromatic carbocycles. The molecule has 1 rings (SSSR count). The van der Waals surface area contributed by atoms with Crippen LogP contribution in [-0.2, 0) is 25.7 Å². The largest absolute Gasteiger partial charge is 0.478 e. The average molecular weight is 348 g/mol. The molecule has 1 heterocycles. The van der Waals surface area contributed by atoms with Crippen LogP contribution in [0.1, 0.15) is 112 Å². The zero-order valence-electron chi connectivity index (χ0n) is 16.8. The molecule has 0 aliphatic carbocycles. The molecule has 0 saturated heterocycles. The Morgan fingerprint density at radius 2 is 1.16 bits per heavy atom. The summed E-state index contributed by atoms with van der Waals surface area (Å²) in [6, 6.07) is 0. The predicted octanol–water partition coefficient (Wildman–Crippen LogP) is 6.15. The Morgan fingerprint density at radius 3 is 1.64 bits per heavy atom. The molecule has 3 nitrogen and oxygen atoms in total. The van der Waals surface area contributed by atoms with Crippen molar-refractivity contribution in [3.05, 3.63) is 28.1 Å². The third-order valence-corrected chi connectivity index (χ3v) is 4.88. The summed E-state index contributed by atoms with van der Waals surface area (Å²) in [6.07, 6.45) is 12.3. The lowest BCUT2D eigenvalue weighted by Crippen LogP contribution is -2.16. The van der Waals surface area contributed by atoms with Gasteiger partial charge in [-0.2, -0.15) is 0 Å². The molecule has 1 N–H and O–H groups in total. The highest BCUT2D eigenvalue weighted by Crippen LogP contribution is 2.27. The van der Waals surface area contributed by atoms with E-state index in [-0.39, 0.29) is 0 Å². The first-order valence-corrected chi connectivity index (χ1v) is 10.4. The number of aromatic carboxylic acids is 1. The maximum Gasteiger partial charge on any atom is 0.337 e. The molecule has 0 unspecified atom stereocenters. The molecule has 0 radical (unpaired) electrons. The van der Waals surface area contributed by atoms with E-state index in [1.165, 1.54) is 11.3 Å². The van der Waals surface area contributed by atoms with E-state index in [4.69, 9.17) is 4.98 Å². The molecule has 1 aromatic heterocycles. The molecule has 0 aliphatic rings. The van der Waals surface area contributed by atoms with E-state index in [9.17, 15) is 9.90 Å². The Balaban J connectivity index is 3.48. The first-order chi connectivity index (χ1) is 12.1. The normalized spacial score (nSPS) is 11.0. The summed E-state index contributed by atoms with van der Waals surface area (Å²) >= 11 is 0. The number of hydrogen-bond donors (Lipinski definition) is 1. The lowest BCUT2D eigenvalue weighted by molar-refractivity contribution is 0.0693. The zero-order chi connectivity index (χ0) is 18.7. The van der Waals surface area contributed by atoms with Crippen LogP contribution in [0.15, 0.2) is 0 Å². The van der Waals surface area contributed by atoms with Crippen LogP contribution in [0, 0.1) is 0 Å². The fourth-order valence-electron chi connectivity index (χ4n) is 3.39. The lowest BCUT2D eigenvalue weighted by atomic mass is 9.89. The second kappa shape index (κ2) is 12.1. The number of rotatable bonds is 13. The molecule has 3 heteroatoms. The minimum Gasteiger partial charge on any atom is -0.478 e. The van der Waals surface area contributed by atoms with E-state index < -0.39 is 5.97 Å². The van der Waals surface area contributed by atoms with Gasteiger partial charge in [0, 0.05) is 5.69 Å². The molecule has 0 bridgehead atoms. The van der Waals surface area contributed by atoms with Crippen LogP contribution in [-0.4, -0.2) is 16.1 Å². The smallest absolute Gasteiger partial charge is 0.337 e. The van der Waals surface area contributed by atoms with Gasteiger partial charge in [0.1, 0.15) is 0 Å². The van der Waals surface area contributed by atoms with Gasteiger partial charge in [0.15, 0.2) is 0 Å². The minimum absolute atomic E-state index is 0.522. The summed E-state index contributed by atoms with van der Waals surface area (Å²) in [7, 11) is 0. The van der Waals surface area contributed by atoms with E-state index in [2.05, 4.69) is 27.7 Å². The quantitative estimate of drug-likeness (QED) is 0.465. The Bertz CT molecular complexity index is 537. The molecule has 25 heavy (non-hydrogen) atoms. The van der Waals surface area contributed by atoms with E-state index in [1.54, 1.807) is 0 Å². The molecular formula is C22H37NO2. The van der Waals surface area contributed by atoms with Gasteiger partial charge in [-0.25, -0.2) is 4.79 Å². The summed E-state index contributed by atoms with van der Waals surface area (Å²) in [6.45, 7) is 8.71. The number of carboxylic acids is 1. The SMILES string of the molecule is CCCCc1nc(CCCC)c(C(=O)O)c(CCCC)c1CCCC. The molecule has 0 fully saturated rings. The fourth-order valence-corrected chi connectivity index (χ4v) is 3.39. The van der Waals surface area contributed by atoms with Crippen molar-refractivity contribution in [2.24, 2.45) is 0 Å². The molecule has 0 amide bonds. The van der Waals surface area contributed by atoms with Gasteiger partial charge in [-0.3, -0.25) is 4.98 Å². The molecule has 0 spiro atoms. The molecular weight excluding hydrogens is 310 g/mol. The van der Waals surface area contributed by atoms with Crippen molar-refractivity contribution in [2.45, 2.75) is 105 Å². The lowest BCUT2D eigenvalue weighted by Gasteiger charge is -2.20. The number of pyridine rings is 1. The van der Waals surface area contributed by atoms with Crippen LogP contribution in [0.2, 0.25) is 0 Å². The summed E-state index contributed by atoms with van der Waals surface area (Å²) < 4.78 is 0. The van der Waals surface area contributed by atoms with Crippen LogP contribution in [0.4, 0.5) is 0 Å². The van der Waals surface area contributed by atoms with Gasteiger partial charge in [-0.15, -0.1) is 0 Å². The number of aryl methyl sites for hydroxylation is 2. The second-order valence-corrected chi connectivity index (χ2v) is 7.06. The fraction of sp³-hybridized carbons (Fsp3) is 0.727. The third-order valence-electron chi connectivity index (χ3n) is 4.88. The molecule has 142 valence electrons. The van der Waals surface area contributed by atoms with Crippen molar-refractivity contribution in [3.63, 3.8) is 0 Å². The van der Waals surface area contributed by atoms with Gasteiger partial charge in [0.25, 0.3) is 0 Å². The number of unbranched alkanes of at least 4 members (excludes halogenated alkanes) is 4. The van der Waals surface area contributed by atoms with Crippen molar-refractivity contribution in [1.82, 2.24) is 4.98 Å². The van der Waals surface area contributed by atoms with Crippen molar-refractivity contribution in [2.75, 3.05) is 0 Å². The summed E-state index contributed by atoms with van der Waals surface area (Å²) in [5, 5.41) is 9.92. The second-order valence-electron chi connectivity index (χ2n) is 7.06. The summed E-state index contributed by atoms with van der Waals surface area (Å²) in [4.78, 5) is 17.0. The number of carbonyl (C=O) groups is 1. The average Bonchev–Trinajstić information content (AvgIpc) is 2.60. The van der Waals surface area contributed by atoms with Gasteiger partial charge < -0.3 is 5.11 Å². The summed E-state index contributed by atoms with van der Waals surface area (Å²) in [5.41, 5.74) is 4.87. The monoisotopic (exact) mass is 347 g/mol. The van der Waals surface area contributed by atoms with Gasteiger partial charge in [-0.05, 0) is 62.5 Å². The van der Waals surface area contributed by atoms with Crippen LogP contribution < -0.4 is 0 Å². The van der Waals surface area contributed by atoms with Crippen LogP contribution in [0.3, 0.4) is 0 Å². The highest BCUT2D eigenvalue weighted by molar-refractivity contribution is 5.91. The van der Waals surface area contributed by atoms with E-state index in [0.29, 0.717) is 5.56 Å². The first kappa shape index (κ1) is 21.7. The highest BCUT2D eigenvalue weighted by Gasteiger charge is 2.22. The molecule has 0 saturated carbocycles. The van der Waals surface area contributed by atoms with Gasteiger partial charge in [0.05, 0.1) is 11.3 Å². The first-order valence-electron chi connectivity index (χ1n) is 10.4. The van der Waals surface area contributed by atoms with Crippen LogP contribution in [0.5, 0.6) is 0 Å². The highest BCUT2D eigenvalue weighted by atomic mass is 16.4. The Hall–Kier alpha value is -1.38. The van der Waals surface area contributed by atoms with E-state index in [1.807, 2.05) is 0 Å². The zero-order valence-corrected chi connectivity index (χ0v) is 16.8. The Kier molecular flexibility index (Phi) is 10.4. The van der Waals surface area contributed by atoms with E-state index in [0.717, 1.165) is 88.3 Å². The standard InChI is InChI=1S/C22H37NO2/c1-5-9-13-17-18(14-10-6-2)21(22(24)25)20(16-12-8-4)23-19(17)15-11-7-3/h5-16H2,1-4H3,(H,24,25). The minimum atomic E-state index is -0.788. The van der Waals surface area contributed by atoms with Gasteiger partial charge in [-0.1, -0.05) is 53.4 Å². The van der Waals surface area contributed by atoms with E-state index >= 15 is 0 Å². The number of nitrogens with zero attached hydrogens (tertiary/aromatic N) is 1. The Labute approximate surface area is 154 Å². The summed E-state index contributed by atoms with van der Waals surface area (Å²) in [5.74, 6) is -0.788. The van der Waals surface area contributed by atoms with Crippen LogP contribution >= 0.6 is 0 Å². The number of hydrogen-bond acceptors (Lipinski definition) is 2. The van der Waals surface area contributed by atoms with Gasteiger partial charge >= 0.3 is 5.97 Å². The van der Waals surface area contributed by atoms with Crippen molar-refractivity contribution in [1.29, 1.82) is 0 Å². The third kappa shape index (κ3) is 6.45. The predicted molar refractivity (Wildman–Crippen MR) is 106 cm³/mol. The van der Waals surface area contributed by atoms with Crippen LogP contribution in [0.25, 0.3) is 0 Å². The van der Waals surface area contributed by atoms with Gasteiger partial charge in [0.2, 0.25) is 0 Å². The molecule has 0 atom stereocenters. The number of aromatic nitrogens is 1. The maximum absolute atomic E-state index is 12.1. The topological polar surface area (TPSA) is 50.2 Å². The van der Waals surface area contributed by atoms with Crippen molar-refractivity contribution in [3.8, 4) is 0 Å². The number of carboxylic acid groups (broad SMARTS) is 1. The maximum atomic E-state index is 12.1.